The van der Waals surface area contributed by atoms with E-state index in [2.05, 4.69) is 32.9 Å². The summed E-state index contributed by atoms with van der Waals surface area (Å²) in [5, 5.41) is 3.01. The van der Waals surface area contributed by atoms with Crippen LogP contribution in [-0.2, 0) is 0 Å². The second-order valence-electron chi connectivity index (χ2n) is 3.55. The van der Waals surface area contributed by atoms with Gasteiger partial charge in [-0.1, -0.05) is 11.6 Å². The van der Waals surface area contributed by atoms with Crippen LogP contribution in [0.3, 0.4) is 0 Å². The molecule has 1 amide bonds. The highest BCUT2D eigenvalue weighted by Gasteiger charge is 2.11. The first-order valence-corrected chi connectivity index (χ1v) is 6.50. The van der Waals surface area contributed by atoms with Gasteiger partial charge in [-0.15, -0.1) is 0 Å². The van der Waals surface area contributed by atoms with Crippen molar-refractivity contribution in [3.8, 4) is 0 Å². The van der Waals surface area contributed by atoms with Gasteiger partial charge in [0.1, 0.15) is 5.82 Å². The van der Waals surface area contributed by atoms with Gasteiger partial charge in [-0.05, 0) is 52.9 Å². The molecular formula is C12H9ClIN3O. The molecule has 1 aromatic carbocycles. The molecule has 1 aromatic heterocycles. The lowest BCUT2D eigenvalue weighted by Crippen LogP contribution is -2.13. The van der Waals surface area contributed by atoms with E-state index in [0.29, 0.717) is 11.3 Å². The van der Waals surface area contributed by atoms with Crippen molar-refractivity contribution in [2.45, 2.75) is 0 Å². The number of carbonyl (C=O) groups excluding carboxylic acids is 1. The molecule has 0 saturated heterocycles. The molecule has 6 heteroatoms. The number of nitrogens with two attached hydrogens (primary N) is 1. The van der Waals surface area contributed by atoms with Gasteiger partial charge in [0.05, 0.1) is 10.6 Å². The number of halogens is 2. The first-order chi connectivity index (χ1) is 8.56. The Hall–Kier alpha value is -1.34. The Balaban J connectivity index is 2.21. The highest BCUT2D eigenvalue weighted by atomic mass is 127. The van der Waals surface area contributed by atoms with Crippen molar-refractivity contribution in [1.82, 2.24) is 4.98 Å². The molecule has 2 aromatic rings. The third-order valence-electron chi connectivity index (χ3n) is 2.22. The number of nitrogen functional groups attached to an aromatic ring is 1. The van der Waals surface area contributed by atoms with E-state index in [9.17, 15) is 4.79 Å². The van der Waals surface area contributed by atoms with Crippen molar-refractivity contribution in [1.29, 1.82) is 0 Å². The van der Waals surface area contributed by atoms with Gasteiger partial charge >= 0.3 is 0 Å². The maximum absolute atomic E-state index is 12.0. The van der Waals surface area contributed by atoms with Crippen LogP contribution in [0.2, 0.25) is 5.02 Å². The number of hydrogen-bond acceptors (Lipinski definition) is 3. The van der Waals surface area contributed by atoms with Crippen molar-refractivity contribution < 1.29 is 4.79 Å². The van der Waals surface area contributed by atoms with Crippen LogP contribution in [0.4, 0.5) is 11.5 Å². The summed E-state index contributed by atoms with van der Waals surface area (Å²) >= 11 is 8.10. The average Bonchev–Trinajstić information content (AvgIpc) is 2.35. The minimum Gasteiger partial charge on any atom is -0.384 e. The quantitative estimate of drug-likeness (QED) is 0.795. The predicted molar refractivity (Wildman–Crippen MR) is 80.8 cm³/mol. The first-order valence-electron chi connectivity index (χ1n) is 5.04. The number of pyridine rings is 1. The maximum Gasteiger partial charge on any atom is 0.257 e. The van der Waals surface area contributed by atoms with Crippen LogP contribution in [0.5, 0.6) is 0 Å². The number of anilines is 2. The Morgan fingerprint density at radius 3 is 2.67 bits per heavy atom. The fourth-order valence-electron chi connectivity index (χ4n) is 1.36. The lowest BCUT2D eigenvalue weighted by molar-refractivity contribution is 0.102. The van der Waals surface area contributed by atoms with Crippen LogP contribution in [0, 0.1) is 3.57 Å². The van der Waals surface area contributed by atoms with Crippen molar-refractivity contribution >= 4 is 51.6 Å². The largest absolute Gasteiger partial charge is 0.384 e. The van der Waals surface area contributed by atoms with Gasteiger partial charge in [-0.3, -0.25) is 4.79 Å². The van der Waals surface area contributed by atoms with Gasteiger partial charge in [0.2, 0.25) is 0 Å². The molecule has 2 rings (SSSR count). The number of aromatic nitrogens is 1. The van der Waals surface area contributed by atoms with Crippen LogP contribution in [0.15, 0.2) is 36.5 Å². The molecule has 0 saturated carbocycles. The Kier molecular flexibility index (Phi) is 4.03. The lowest BCUT2D eigenvalue weighted by atomic mass is 10.2. The molecule has 0 aliphatic heterocycles. The van der Waals surface area contributed by atoms with Crippen LogP contribution in [-0.4, -0.2) is 10.9 Å². The van der Waals surface area contributed by atoms with E-state index in [-0.39, 0.29) is 16.7 Å². The smallest absolute Gasteiger partial charge is 0.257 e. The summed E-state index contributed by atoms with van der Waals surface area (Å²) in [5.41, 5.74) is 6.54. The average molecular weight is 374 g/mol. The second-order valence-corrected chi connectivity index (χ2v) is 5.20. The second kappa shape index (κ2) is 5.53. The molecule has 0 fully saturated rings. The molecule has 0 unspecified atom stereocenters. The summed E-state index contributed by atoms with van der Waals surface area (Å²) in [4.78, 5) is 15.8. The van der Waals surface area contributed by atoms with Crippen LogP contribution in [0.1, 0.15) is 10.4 Å². The number of benzene rings is 1. The van der Waals surface area contributed by atoms with Crippen molar-refractivity contribution in [2.75, 3.05) is 11.1 Å². The van der Waals surface area contributed by atoms with Crippen LogP contribution < -0.4 is 11.1 Å². The molecule has 0 atom stereocenters. The third-order valence-corrected chi connectivity index (χ3v) is 3.24. The minimum atomic E-state index is -0.310. The van der Waals surface area contributed by atoms with E-state index in [4.69, 9.17) is 17.3 Å². The highest BCUT2D eigenvalue weighted by Crippen LogP contribution is 2.19. The SMILES string of the molecule is Nc1cc(C(=O)Nc2ccc(I)cc2)c(Cl)cn1. The number of hydrogen-bond donors (Lipinski definition) is 2. The molecule has 0 aliphatic rings. The topological polar surface area (TPSA) is 68.0 Å². The van der Waals surface area contributed by atoms with E-state index in [1.54, 1.807) is 0 Å². The molecule has 3 N–H and O–H groups in total. The Bertz CT molecular complexity index is 586. The zero-order valence-corrected chi connectivity index (χ0v) is 12.1. The number of carbonyl (C=O) groups is 1. The van der Waals surface area contributed by atoms with E-state index in [1.165, 1.54) is 12.3 Å². The van der Waals surface area contributed by atoms with Gasteiger partial charge in [0.15, 0.2) is 0 Å². The van der Waals surface area contributed by atoms with Crippen molar-refractivity contribution in [2.24, 2.45) is 0 Å². The third kappa shape index (κ3) is 3.11. The van der Waals surface area contributed by atoms with E-state index in [1.807, 2.05) is 24.3 Å². The molecule has 18 heavy (non-hydrogen) atoms. The number of nitrogens with one attached hydrogen (secondary N) is 1. The zero-order valence-electron chi connectivity index (χ0n) is 9.15. The van der Waals surface area contributed by atoms with E-state index in [0.717, 1.165) is 3.57 Å². The predicted octanol–water partition coefficient (Wildman–Crippen LogP) is 3.17. The summed E-state index contributed by atoms with van der Waals surface area (Å²) in [6.07, 6.45) is 1.36. The molecule has 0 bridgehead atoms. The Morgan fingerprint density at radius 2 is 2.00 bits per heavy atom. The maximum atomic E-state index is 12.0. The van der Waals surface area contributed by atoms with E-state index >= 15 is 0 Å². The molecule has 0 aliphatic carbocycles. The monoisotopic (exact) mass is 373 g/mol. The molecule has 1 heterocycles. The molecule has 4 nitrogen and oxygen atoms in total. The van der Waals surface area contributed by atoms with Crippen LogP contribution in [0.25, 0.3) is 0 Å². The van der Waals surface area contributed by atoms with Crippen LogP contribution >= 0.6 is 34.2 Å². The van der Waals surface area contributed by atoms with E-state index < -0.39 is 0 Å². The summed E-state index contributed by atoms with van der Waals surface area (Å²) < 4.78 is 1.09. The van der Waals surface area contributed by atoms with Gasteiger partial charge in [0.25, 0.3) is 5.91 Å². The number of rotatable bonds is 2. The van der Waals surface area contributed by atoms with Gasteiger partial charge in [-0.2, -0.15) is 0 Å². The number of amides is 1. The zero-order chi connectivity index (χ0) is 13.1. The van der Waals surface area contributed by atoms with Gasteiger partial charge < -0.3 is 11.1 Å². The Morgan fingerprint density at radius 1 is 1.33 bits per heavy atom. The van der Waals surface area contributed by atoms with Gasteiger partial charge in [-0.25, -0.2) is 4.98 Å². The first kappa shape index (κ1) is 13.1. The highest BCUT2D eigenvalue weighted by molar-refractivity contribution is 14.1. The molecule has 0 spiro atoms. The number of nitrogens with zero attached hydrogens (tertiary/aromatic N) is 1. The van der Waals surface area contributed by atoms with Crippen molar-refractivity contribution in [3.63, 3.8) is 0 Å². The summed E-state index contributed by atoms with van der Waals surface area (Å²) in [5.74, 6) is -0.0533. The molecule has 92 valence electrons. The van der Waals surface area contributed by atoms with Crippen molar-refractivity contribution in [3.05, 3.63) is 50.7 Å². The normalized spacial score (nSPS) is 10.1. The molecular weight excluding hydrogens is 365 g/mol. The minimum absolute atomic E-state index is 0.257. The summed E-state index contributed by atoms with van der Waals surface area (Å²) in [6, 6.07) is 8.89. The molecule has 0 radical (unpaired) electrons. The van der Waals surface area contributed by atoms with Gasteiger partial charge in [0, 0.05) is 15.5 Å². The summed E-state index contributed by atoms with van der Waals surface area (Å²) in [6.45, 7) is 0. The lowest BCUT2D eigenvalue weighted by Gasteiger charge is -2.07. The Labute approximate surface area is 123 Å². The summed E-state index contributed by atoms with van der Waals surface area (Å²) in [7, 11) is 0. The standard InChI is InChI=1S/C12H9ClIN3O/c13-10-6-16-11(15)5-9(10)12(18)17-8-3-1-7(14)2-4-8/h1-6H,(H2,15,16)(H,17,18). The fourth-order valence-corrected chi connectivity index (χ4v) is 1.91. The fraction of sp³-hybridized carbons (Fsp3) is 0.